The maximum absolute atomic E-state index is 12.2. The Morgan fingerprint density at radius 3 is 2.61 bits per heavy atom. The first kappa shape index (κ1) is 20.1. The Bertz CT molecular complexity index is 942. The summed E-state index contributed by atoms with van der Waals surface area (Å²) in [4.78, 5) is 40.1. The first-order valence-electron chi connectivity index (χ1n) is 8.07. The molecule has 2 aromatic rings. The molecular weight excluding hydrogens is 394 g/mol. The zero-order valence-electron chi connectivity index (χ0n) is 14.5. The van der Waals surface area contributed by atoms with Crippen molar-refractivity contribution in [3.05, 3.63) is 44.6 Å². The minimum Gasteiger partial charge on any atom is -0.465 e. The van der Waals surface area contributed by atoms with Gasteiger partial charge in [-0.25, -0.2) is 9.59 Å². The van der Waals surface area contributed by atoms with Crippen molar-refractivity contribution in [2.24, 2.45) is 0 Å². The third-order valence-corrected chi connectivity index (χ3v) is 5.14. The molecule has 11 nitrogen and oxygen atoms in total. The van der Waals surface area contributed by atoms with Crippen LogP contribution in [-0.2, 0) is 9.47 Å². The van der Waals surface area contributed by atoms with Crippen LogP contribution in [-0.4, -0.2) is 68.8 Å². The van der Waals surface area contributed by atoms with E-state index in [1.54, 1.807) is 0 Å². The lowest BCUT2D eigenvalue weighted by atomic mass is 10.1. The second-order valence-electron chi connectivity index (χ2n) is 5.84. The summed E-state index contributed by atoms with van der Waals surface area (Å²) >= 11 is 0.922. The largest absolute Gasteiger partial charge is 0.465 e. The van der Waals surface area contributed by atoms with Crippen molar-refractivity contribution in [3.8, 4) is 0 Å². The number of aliphatic hydroxyl groups is 3. The van der Waals surface area contributed by atoms with Crippen molar-refractivity contribution in [2.75, 3.05) is 19.0 Å². The highest BCUT2D eigenvalue weighted by molar-refractivity contribution is 7.16. The Kier molecular flexibility index (Phi) is 5.86. The predicted molar refractivity (Wildman–Crippen MR) is 95.1 cm³/mol. The highest BCUT2D eigenvalue weighted by Crippen LogP contribution is 2.28. The fourth-order valence-electron chi connectivity index (χ4n) is 2.63. The van der Waals surface area contributed by atoms with Gasteiger partial charge in [-0.1, -0.05) is 0 Å². The summed E-state index contributed by atoms with van der Waals surface area (Å²) in [6.45, 7) is -0.528. The second kappa shape index (κ2) is 8.16. The monoisotopic (exact) mass is 411 g/mol. The molecule has 0 radical (unpaired) electrons. The molecule has 0 bridgehead atoms. The molecule has 1 amide bonds. The molecule has 0 unspecified atom stereocenters. The van der Waals surface area contributed by atoms with Crippen LogP contribution in [0.5, 0.6) is 0 Å². The molecule has 1 saturated heterocycles. The van der Waals surface area contributed by atoms with E-state index in [1.165, 1.54) is 31.5 Å². The molecule has 0 saturated carbocycles. The number of nitrogens with one attached hydrogen (secondary N) is 1. The summed E-state index contributed by atoms with van der Waals surface area (Å²) in [5.74, 6) is -1.19. The van der Waals surface area contributed by atoms with Gasteiger partial charge in [0.05, 0.1) is 18.6 Å². The molecule has 1 aliphatic heterocycles. The third-order valence-electron chi connectivity index (χ3n) is 4.08. The highest BCUT2D eigenvalue weighted by atomic mass is 32.1. The second-order valence-corrected chi connectivity index (χ2v) is 6.92. The van der Waals surface area contributed by atoms with Crippen LogP contribution in [0.25, 0.3) is 0 Å². The van der Waals surface area contributed by atoms with E-state index in [0.717, 1.165) is 15.9 Å². The van der Waals surface area contributed by atoms with Crippen LogP contribution >= 0.6 is 11.3 Å². The summed E-state index contributed by atoms with van der Waals surface area (Å²) in [6, 6.07) is 4.19. The maximum Gasteiger partial charge on any atom is 0.351 e. The van der Waals surface area contributed by atoms with E-state index in [4.69, 9.17) is 9.84 Å². The maximum atomic E-state index is 12.2. The number of carbonyl (C=O) groups excluding carboxylic acids is 2. The number of anilines is 1. The Morgan fingerprint density at radius 2 is 2.00 bits per heavy atom. The number of rotatable bonds is 5. The van der Waals surface area contributed by atoms with Gasteiger partial charge in [0.2, 0.25) is 0 Å². The lowest BCUT2D eigenvalue weighted by molar-refractivity contribution is -0.0549. The first-order chi connectivity index (χ1) is 13.3. The van der Waals surface area contributed by atoms with E-state index in [2.05, 4.69) is 15.0 Å². The van der Waals surface area contributed by atoms with Gasteiger partial charge in [-0.05, 0) is 18.2 Å². The topological polar surface area (TPSA) is 160 Å². The van der Waals surface area contributed by atoms with Crippen LogP contribution in [0.3, 0.4) is 0 Å². The summed E-state index contributed by atoms with van der Waals surface area (Å²) < 4.78 is 10.8. The number of nitrogens with zero attached hydrogens (tertiary/aromatic N) is 2. The molecule has 2 aromatic heterocycles. The average Bonchev–Trinajstić information content (AvgIpc) is 3.28. The standard InChI is InChI=1S/C16H17N3O8S/c1-26-15(24)9-3-2-8(28-9)13(23)17-10-4-5-19(16(25)18-10)14-12(22)11(21)7(6-20)27-14/h2-5,7,11-12,14,20-22H,6H2,1H3,(H,17,18,23,25)/t7-,11-,12+,14-/m1/s1. The van der Waals surface area contributed by atoms with E-state index >= 15 is 0 Å². The van der Waals surface area contributed by atoms with Crippen LogP contribution in [0.15, 0.2) is 29.2 Å². The average molecular weight is 411 g/mol. The van der Waals surface area contributed by atoms with Gasteiger partial charge in [0.25, 0.3) is 5.91 Å². The molecule has 3 heterocycles. The number of aromatic nitrogens is 2. The minimum atomic E-state index is -1.43. The smallest absolute Gasteiger partial charge is 0.351 e. The lowest BCUT2D eigenvalue weighted by Crippen LogP contribution is -2.36. The van der Waals surface area contributed by atoms with E-state index in [9.17, 15) is 24.6 Å². The van der Waals surface area contributed by atoms with E-state index < -0.39 is 48.7 Å². The van der Waals surface area contributed by atoms with Crippen LogP contribution in [0, 0.1) is 0 Å². The van der Waals surface area contributed by atoms with Crippen LogP contribution < -0.4 is 11.0 Å². The number of amides is 1. The Morgan fingerprint density at radius 1 is 1.29 bits per heavy atom. The summed E-state index contributed by atoms with van der Waals surface area (Å²) in [6.07, 6.45) is -3.81. The normalized spacial score (nSPS) is 24.1. The van der Waals surface area contributed by atoms with Gasteiger partial charge in [-0.3, -0.25) is 9.36 Å². The van der Waals surface area contributed by atoms with Crippen molar-refractivity contribution in [1.82, 2.24) is 9.55 Å². The Balaban J connectivity index is 1.74. The summed E-state index contributed by atoms with van der Waals surface area (Å²) in [5.41, 5.74) is -0.839. The first-order valence-corrected chi connectivity index (χ1v) is 8.88. The zero-order chi connectivity index (χ0) is 20.4. The molecule has 0 spiro atoms. The van der Waals surface area contributed by atoms with Crippen LogP contribution in [0.1, 0.15) is 25.6 Å². The van der Waals surface area contributed by atoms with Crippen molar-refractivity contribution in [3.63, 3.8) is 0 Å². The van der Waals surface area contributed by atoms with Crippen molar-refractivity contribution in [2.45, 2.75) is 24.5 Å². The van der Waals surface area contributed by atoms with E-state index in [1.807, 2.05) is 0 Å². The van der Waals surface area contributed by atoms with E-state index in [0.29, 0.717) is 0 Å². The number of aliphatic hydroxyl groups excluding tert-OH is 3. The van der Waals surface area contributed by atoms with Crippen LogP contribution in [0.4, 0.5) is 5.82 Å². The summed E-state index contributed by atoms with van der Waals surface area (Å²) in [5, 5.41) is 31.3. The summed E-state index contributed by atoms with van der Waals surface area (Å²) in [7, 11) is 1.23. The van der Waals surface area contributed by atoms with Crippen LogP contribution in [0.2, 0.25) is 0 Å². The number of ether oxygens (including phenoxy) is 2. The molecule has 12 heteroatoms. The molecule has 0 aromatic carbocycles. The van der Waals surface area contributed by atoms with Gasteiger partial charge in [-0.2, -0.15) is 4.98 Å². The SMILES string of the molecule is COC(=O)c1ccc(C(=O)Nc2ccn([C@@H]3O[C@H](CO)[C@@H](O)[C@@H]3O)c(=O)n2)s1. The van der Waals surface area contributed by atoms with Gasteiger partial charge in [0.15, 0.2) is 6.23 Å². The van der Waals surface area contributed by atoms with Gasteiger partial charge in [-0.15, -0.1) is 11.3 Å². The molecule has 3 rings (SSSR count). The number of esters is 1. The van der Waals surface area contributed by atoms with Gasteiger partial charge in [0.1, 0.15) is 29.0 Å². The van der Waals surface area contributed by atoms with E-state index in [-0.39, 0.29) is 15.6 Å². The molecule has 150 valence electrons. The molecule has 0 aliphatic carbocycles. The fourth-order valence-corrected chi connectivity index (χ4v) is 3.45. The van der Waals surface area contributed by atoms with Gasteiger partial charge < -0.3 is 30.1 Å². The number of hydrogen-bond donors (Lipinski definition) is 4. The molecule has 28 heavy (non-hydrogen) atoms. The van der Waals surface area contributed by atoms with Crippen molar-refractivity contribution in [1.29, 1.82) is 0 Å². The number of carbonyl (C=O) groups is 2. The zero-order valence-corrected chi connectivity index (χ0v) is 15.3. The molecular formula is C16H17N3O8S. The van der Waals surface area contributed by atoms with Gasteiger partial charge in [0, 0.05) is 6.20 Å². The van der Waals surface area contributed by atoms with Crippen molar-refractivity contribution >= 4 is 29.0 Å². The fraction of sp³-hybridized carbons (Fsp3) is 0.375. The Labute approximate surface area is 161 Å². The third kappa shape index (κ3) is 3.81. The lowest BCUT2D eigenvalue weighted by Gasteiger charge is -2.17. The molecule has 1 fully saturated rings. The number of hydrogen-bond acceptors (Lipinski definition) is 10. The molecule has 4 N–H and O–H groups in total. The minimum absolute atomic E-state index is 0.0500. The van der Waals surface area contributed by atoms with Crippen molar-refractivity contribution < 1.29 is 34.4 Å². The predicted octanol–water partition coefficient (Wildman–Crippen LogP) is -1.04. The van der Waals surface area contributed by atoms with Gasteiger partial charge >= 0.3 is 11.7 Å². The number of methoxy groups -OCH3 is 1. The Hall–Kier alpha value is -2.64. The number of thiophene rings is 1. The quantitative estimate of drug-likeness (QED) is 0.450. The highest BCUT2D eigenvalue weighted by Gasteiger charge is 2.43. The molecule has 4 atom stereocenters. The molecule has 1 aliphatic rings.